The first kappa shape index (κ1) is 16.1. The van der Waals surface area contributed by atoms with Crippen LogP contribution in [0.25, 0.3) is 22.6 Å². The number of fused-ring (bicyclic) bond motifs is 2. The number of ether oxygens (including phenoxy) is 2. The Morgan fingerprint density at radius 2 is 1.81 bits per heavy atom. The molecule has 0 bridgehead atoms. The maximum atomic E-state index is 11.5. The number of hydrogen-bond acceptors (Lipinski definition) is 6. The van der Waals surface area contributed by atoms with Crippen LogP contribution in [0.15, 0.2) is 69.9 Å². The summed E-state index contributed by atoms with van der Waals surface area (Å²) in [5.74, 6) is 1.21. The fourth-order valence-corrected chi connectivity index (χ4v) is 2.61. The minimum absolute atomic E-state index is 0.104. The van der Waals surface area contributed by atoms with Gasteiger partial charge in [-0.3, -0.25) is 4.79 Å². The van der Waals surface area contributed by atoms with E-state index in [0.29, 0.717) is 17.0 Å². The molecule has 1 aliphatic heterocycles. The van der Waals surface area contributed by atoms with Gasteiger partial charge in [0.1, 0.15) is 17.0 Å². The lowest BCUT2D eigenvalue weighted by Gasteiger charge is -2.10. The molecule has 0 radical (unpaired) electrons. The van der Waals surface area contributed by atoms with Gasteiger partial charge in [-0.25, -0.2) is 4.98 Å². The number of methoxy groups -OCH3 is 1. The Morgan fingerprint density at radius 3 is 2.62 bits per heavy atom. The van der Waals surface area contributed by atoms with Gasteiger partial charge in [-0.2, -0.15) is 0 Å². The Balaban J connectivity index is 1.61. The van der Waals surface area contributed by atoms with Crippen LogP contribution in [0.2, 0.25) is 0 Å². The van der Waals surface area contributed by atoms with Gasteiger partial charge < -0.3 is 19.2 Å². The number of anilines is 2. The molecule has 2 aliphatic rings. The molecule has 6 nitrogen and oxygen atoms in total. The summed E-state index contributed by atoms with van der Waals surface area (Å²) in [7, 11) is 1.58. The number of nitrogens with one attached hydrogen (secondary N) is 1. The zero-order chi connectivity index (χ0) is 17.9. The molecule has 0 aromatic heterocycles. The number of benzene rings is 3. The molecular formula is C20H16N2O4. The summed E-state index contributed by atoms with van der Waals surface area (Å²) in [5.41, 5.74) is 3.64. The van der Waals surface area contributed by atoms with Crippen LogP contribution in [-0.4, -0.2) is 18.9 Å². The Bertz CT molecular complexity index is 1070. The molecule has 2 aromatic carbocycles. The second-order valence-corrected chi connectivity index (χ2v) is 5.73. The van der Waals surface area contributed by atoms with Crippen molar-refractivity contribution in [2.45, 2.75) is 0 Å². The van der Waals surface area contributed by atoms with Gasteiger partial charge in [-0.15, -0.1) is 0 Å². The van der Waals surface area contributed by atoms with Gasteiger partial charge in [0, 0.05) is 30.6 Å². The molecule has 0 unspecified atom stereocenters. The third-order valence-corrected chi connectivity index (χ3v) is 3.84. The molecule has 130 valence electrons. The van der Waals surface area contributed by atoms with Crippen LogP contribution < -0.4 is 15.5 Å². The second-order valence-electron chi connectivity index (χ2n) is 5.73. The predicted octanol–water partition coefficient (Wildman–Crippen LogP) is 4.02. The van der Waals surface area contributed by atoms with Crippen LogP contribution in [-0.2, 0) is 4.74 Å². The summed E-state index contributed by atoms with van der Waals surface area (Å²) in [6, 6.07) is 17.8. The fourth-order valence-electron chi connectivity index (χ4n) is 2.61. The Hall–Kier alpha value is -3.38. The number of aromatic nitrogens is 1. The third-order valence-electron chi connectivity index (χ3n) is 3.84. The molecule has 0 saturated heterocycles. The Morgan fingerprint density at radius 1 is 1.00 bits per heavy atom. The van der Waals surface area contributed by atoms with Crippen LogP contribution in [0, 0.1) is 0 Å². The van der Waals surface area contributed by atoms with Crippen molar-refractivity contribution >= 4 is 22.5 Å². The van der Waals surface area contributed by atoms with Gasteiger partial charge in [-0.05, 0) is 48.5 Å². The first-order valence-corrected chi connectivity index (χ1v) is 8.05. The molecule has 1 heterocycles. The zero-order valence-electron chi connectivity index (χ0n) is 14.1. The van der Waals surface area contributed by atoms with Crippen molar-refractivity contribution in [2.75, 3.05) is 19.2 Å². The molecule has 1 aliphatic carbocycles. The van der Waals surface area contributed by atoms with Crippen molar-refractivity contribution in [3.8, 4) is 17.2 Å². The molecule has 6 heteroatoms. The zero-order valence-corrected chi connectivity index (χ0v) is 14.1. The topological polar surface area (TPSA) is 73.6 Å². The van der Waals surface area contributed by atoms with E-state index < -0.39 is 0 Å². The van der Waals surface area contributed by atoms with E-state index in [-0.39, 0.29) is 12.2 Å². The van der Waals surface area contributed by atoms with Crippen molar-refractivity contribution in [3.63, 3.8) is 0 Å². The Kier molecular flexibility index (Phi) is 4.25. The van der Waals surface area contributed by atoms with Gasteiger partial charge in [0.05, 0.1) is 0 Å². The van der Waals surface area contributed by atoms with E-state index in [1.807, 2.05) is 42.5 Å². The summed E-state index contributed by atoms with van der Waals surface area (Å²) < 4.78 is 16.1. The first-order valence-electron chi connectivity index (χ1n) is 8.05. The molecule has 2 aromatic rings. The molecule has 0 fully saturated rings. The minimum Gasteiger partial charge on any atom is -0.468 e. The molecule has 0 spiro atoms. The lowest BCUT2D eigenvalue weighted by Crippen LogP contribution is -1.99. The normalized spacial score (nSPS) is 11.0. The van der Waals surface area contributed by atoms with E-state index >= 15 is 0 Å². The minimum atomic E-state index is -0.104. The summed E-state index contributed by atoms with van der Waals surface area (Å²) >= 11 is 0. The highest BCUT2D eigenvalue weighted by atomic mass is 16.7. The maximum Gasteiger partial charge on any atom is 0.188 e. The quantitative estimate of drug-likeness (QED) is 0.434. The monoisotopic (exact) mass is 348 g/mol. The molecule has 0 amide bonds. The molecule has 1 N–H and O–H groups in total. The Labute approximate surface area is 149 Å². The summed E-state index contributed by atoms with van der Waals surface area (Å²) in [6.07, 6.45) is 0. The van der Waals surface area contributed by atoms with Crippen molar-refractivity contribution < 1.29 is 13.9 Å². The smallest absolute Gasteiger partial charge is 0.188 e. The summed E-state index contributed by atoms with van der Waals surface area (Å²) in [5, 5.41) is 3.30. The molecular weight excluding hydrogens is 332 g/mol. The van der Waals surface area contributed by atoms with E-state index in [4.69, 9.17) is 13.9 Å². The van der Waals surface area contributed by atoms with E-state index in [0.717, 1.165) is 22.6 Å². The van der Waals surface area contributed by atoms with Crippen LogP contribution in [0.5, 0.6) is 5.75 Å². The number of nitrogens with zero attached hydrogens (tertiary/aromatic N) is 1. The molecule has 0 atom stereocenters. The van der Waals surface area contributed by atoms with E-state index in [2.05, 4.69) is 10.3 Å². The standard InChI is InChI=1S/C20H16N2O4/c1-24-12-25-16-6-2-13(3-7-16)21-14-4-8-17-19(10-14)26-20-11-15(23)5-9-18(20)22-17/h2-11,21H,12H2,1H3. The van der Waals surface area contributed by atoms with Gasteiger partial charge >= 0.3 is 0 Å². The molecule has 0 saturated carbocycles. The lowest BCUT2D eigenvalue weighted by atomic mass is 10.2. The first-order chi connectivity index (χ1) is 12.7. The van der Waals surface area contributed by atoms with Crippen LogP contribution in [0.4, 0.5) is 11.4 Å². The van der Waals surface area contributed by atoms with Crippen LogP contribution in [0.3, 0.4) is 0 Å². The van der Waals surface area contributed by atoms with Crippen molar-refractivity contribution in [1.29, 1.82) is 0 Å². The van der Waals surface area contributed by atoms with E-state index in [1.165, 1.54) is 12.1 Å². The highest BCUT2D eigenvalue weighted by Crippen LogP contribution is 2.27. The van der Waals surface area contributed by atoms with Crippen molar-refractivity contribution in [1.82, 2.24) is 4.98 Å². The fraction of sp³-hybridized carbons (Fsp3) is 0.100. The summed E-state index contributed by atoms with van der Waals surface area (Å²) in [4.78, 5) is 16.0. The average Bonchev–Trinajstić information content (AvgIpc) is 2.66. The van der Waals surface area contributed by atoms with Gasteiger partial charge in [0.25, 0.3) is 0 Å². The van der Waals surface area contributed by atoms with Crippen LogP contribution in [0.1, 0.15) is 0 Å². The largest absolute Gasteiger partial charge is 0.468 e. The average molecular weight is 348 g/mol. The van der Waals surface area contributed by atoms with Crippen molar-refractivity contribution in [2.24, 2.45) is 0 Å². The lowest BCUT2D eigenvalue weighted by molar-refractivity contribution is 0.0511. The van der Waals surface area contributed by atoms with Crippen molar-refractivity contribution in [3.05, 3.63) is 70.9 Å². The van der Waals surface area contributed by atoms with E-state index in [1.54, 1.807) is 13.2 Å². The second kappa shape index (κ2) is 6.85. The van der Waals surface area contributed by atoms with Gasteiger partial charge in [-0.1, -0.05) is 0 Å². The van der Waals surface area contributed by atoms with Gasteiger partial charge in [0.15, 0.2) is 23.6 Å². The molecule has 4 rings (SSSR count). The third kappa shape index (κ3) is 3.36. The maximum absolute atomic E-state index is 11.5. The van der Waals surface area contributed by atoms with Crippen LogP contribution >= 0.6 is 0 Å². The number of hydrogen-bond donors (Lipinski definition) is 1. The van der Waals surface area contributed by atoms with E-state index in [9.17, 15) is 4.79 Å². The summed E-state index contributed by atoms with van der Waals surface area (Å²) in [6.45, 7) is 0.213. The predicted molar refractivity (Wildman–Crippen MR) is 99.1 cm³/mol. The number of rotatable bonds is 5. The van der Waals surface area contributed by atoms with Gasteiger partial charge in [0.2, 0.25) is 0 Å². The SMILES string of the molecule is COCOc1ccc(Nc2ccc3nc4ccc(=O)cc-4oc3c2)cc1. The molecule has 26 heavy (non-hydrogen) atoms. The highest BCUT2D eigenvalue weighted by molar-refractivity contribution is 5.81. The highest BCUT2D eigenvalue weighted by Gasteiger charge is 2.09.